The molecular weight excluding hydrogens is 394 g/mol. The predicted octanol–water partition coefficient (Wildman–Crippen LogP) is 2.94. The number of hydrogen-bond donors (Lipinski definition) is 0. The summed E-state index contributed by atoms with van der Waals surface area (Å²) >= 11 is 0. The van der Waals surface area contributed by atoms with Crippen LogP contribution in [0.25, 0.3) is 11.5 Å². The fourth-order valence-electron chi connectivity index (χ4n) is 2.69. The normalized spacial score (nSPS) is 10.9. The molecule has 0 aliphatic heterocycles. The molecule has 0 saturated carbocycles. The maximum atomic E-state index is 12.8. The van der Waals surface area contributed by atoms with Crippen LogP contribution in [0.2, 0.25) is 0 Å². The van der Waals surface area contributed by atoms with Crippen molar-refractivity contribution in [3.05, 3.63) is 71.6 Å². The number of nitrogens with zero attached hydrogens (tertiary/aromatic N) is 8. The number of nitriles is 1. The molecule has 4 aromatic rings. The average molecular weight is 408 g/mol. The van der Waals surface area contributed by atoms with E-state index in [9.17, 15) is 8.78 Å². The van der Waals surface area contributed by atoms with Crippen LogP contribution in [-0.2, 0) is 6.61 Å². The number of ether oxygens (including phenoxy) is 1. The molecule has 0 aliphatic carbocycles. The first-order chi connectivity index (χ1) is 14.5. The van der Waals surface area contributed by atoms with Crippen molar-refractivity contribution in [2.24, 2.45) is 0 Å². The van der Waals surface area contributed by atoms with Gasteiger partial charge < -0.3 is 4.74 Å². The van der Waals surface area contributed by atoms with E-state index in [1.165, 1.54) is 29.3 Å². The molecule has 0 aliphatic rings. The highest BCUT2D eigenvalue weighted by molar-refractivity contribution is 5.36. The Hall–Kier alpha value is -4.20. The molecule has 4 rings (SSSR count). The summed E-state index contributed by atoms with van der Waals surface area (Å²) in [5, 5.41) is 25.0. The Labute approximate surface area is 169 Å². The molecular formula is C19H14F2N8O. The van der Waals surface area contributed by atoms with Gasteiger partial charge in [0.25, 0.3) is 6.43 Å². The van der Waals surface area contributed by atoms with Crippen molar-refractivity contribution in [3.63, 3.8) is 0 Å². The van der Waals surface area contributed by atoms with Gasteiger partial charge in [-0.15, -0.1) is 15.3 Å². The van der Waals surface area contributed by atoms with Crippen molar-refractivity contribution in [2.75, 3.05) is 0 Å². The summed E-state index contributed by atoms with van der Waals surface area (Å²) in [4.78, 5) is 3.91. The van der Waals surface area contributed by atoms with Gasteiger partial charge in [-0.25, -0.2) is 18.4 Å². The van der Waals surface area contributed by atoms with Crippen molar-refractivity contribution in [1.29, 1.82) is 5.26 Å². The molecule has 0 spiro atoms. The minimum absolute atomic E-state index is 0.0662. The van der Waals surface area contributed by atoms with E-state index in [-0.39, 0.29) is 23.7 Å². The molecule has 11 heteroatoms. The summed E-state index contributed by atoms with van der Waals surface area (Å²) in [7, 11) is 0. The van der Waals surface area contributed by atoms with Crippen molar-refractivity contribution in [2.45, 2.75) is 20.0 Å². The first-order valence-electron chi connectivity index (χ1n) is 8.76. The summed E-state index contributed by atoms with van der Waals surface area (Å²) in [6.45, 7) is 1.88. The van der Waals surface area contributed by atoms with Crippen LogP contribution in [0.15, 0.2) is 48.9 Å². The summed E-state index contributed by atoms with van der Waals surface area (Å²) < 4.78 is 34.3. The van der Waals surface area contributed by atoms with Gasteiger partial charge in [-0.05, 0) is 25.1 Å². The van der Waals surface area contributed by atoms with E-state index in [1.807, 2.05) is 6.07 Å². The maximum absolute atomic E-state index is 12.8. The number of rotatable bonds is 6. The van der Waals surface area contributed by atoms with Crippen LogP contribution < -0.4 is 4.74 Å². The van der Waals surface area contributed by atoms with E-state index in [0.29, 0.717) is 22.9 Å². The van der Waals surface area contributed by atoms with Crippen LogP contribution in [-0.4, -0.2) is 34.7 Å². The maximum Gasteiger partial charge on any atom is 0.263 e. The molecule has 1 aromatic carbocycles. The van der Waals surface area contributed by atoms with Crippen LogP contribution >= 0.6 is 0 Å². The summed E-state index contributed by atoms with van der Waals surface area (Å²) in [6, 6.07) is 11.0. The van der Waals surface area contributed by atoms with Crippen molar-refractivity contribution in [3.8, 4) is 23.5 Å². The van der Waals surface area contributed by atoms with E-state index in [2.05, 4.69) is 25.5 Å². The minimum Gasteiger partial charge on any atom is -0.470 e. The summed E-state index contributed by atoms with van der Waals surface area (Å²) in [6.07, 6.45) is 0.475. The van der Waals surface area contributed by atoms with Crippen LogP contribution in [0.1, 0.15) is 29.1 Å². The standard InChI is InChI=1S/C19H14F2N8O/c1-12-16(29(27-24-12)15-4-2-13(3-5-15)19(20)21)10-30-18-7-6-17(25-26-18)28-9-14(8-22)23-11-28/h2-7,9,11,19H,10H2,1H3. The number of hydrogen-bond acceptors (Lipinski definition) is 7. The fourth-order valence-corrected chi connectivity index (χ4v) is 2.69. The van der Waals surface area contributed by atoms with E-state index >= 15 is 0 Å². The third kappa shape index (κ3) is 3.83. The molecule has 30 heavy (non-hydrogen) atoms. The largest absolute Gasteiger partial charge is 0.470 e. The van der Waals surface area contributed by atoms with Gasteiger partial charge in [-0.1, -0.05) is 17.3 Å². The Bertz CT molecular complexity index is 1190. The number of benzene rings is 1. The highest BCUT2D eigenvalue weighted by atomic mass is 19.3. The van der Waals surface area contributed by atoms with E-state index in [1.54, 1.807) is 35.8 Å². The summed E-state index contributed by atoms with van der Waals surface area (Å²) in [5.74, 6) is 0.762. The number of halogens is 2. The quantitative estimate of drug-likeness (QED) is 0.483. The van der Waals surface area contributed by atoms with Crippen LogP contribution in [0.3, 0.4) is 0 Å². The lowest BCUT2D eigenvalue weighted by Gasteiger charge is -2.09. The molecule has 0 bridgehead atoms. The third-order valence-corrected chi connectivity index (χ3v) is 4.29. The lowest BCUT2D eigenvalue weighted by molar-refractivity contribution is 0.151. The van der Waals surface area contributed by atoms with E-state index in [4.69, 9.17) is 10.00 Å². The molecule has 0 amide bonds. The van der Waals surface area contributed by atoms with Crippen molar-refractivity contribution >= 4 is 0 Å². The zero-order chi connectivity index (χ0) is 21.1. The second-order valence-electron chi connectivity index (χ2n) is 6.22. The molecule has 0 unspecified atom stereocenters. The summed E-state index contributed by atoms with van der Waals surface area (Å²) in [5.41, 5.74) is 2.09. The van der Waals surface area contributed by atoms with Crippen molar-refractivity contribution in [1.82, 2.24) is 34.7 Å². The van der Waals surface area contributed by atoms with Gasteiger partial charge in [0.1, 0.15) is 24.7 Å². The predicted molar refractivity (Wildman–Crippen MR) is 99.3 cm³/mol. The second kappa shape index (κ2) is 8.04. The molecule has 0 N–H and O–H groups in total. The van der Waals surface area contributed by atoms with Gasteiger partial charge in [0, 0.05) is 17.8 Å². The molecule has 0 atom stereocenters. The molecule has 150 valence electrons. The van der Waals surface area contributed by atoms with Gasteiger partial charge in [0.05, 0.1) is 11.4 Å². The van der Waals surface area contributed by atoms with E-state index in [0.717, 1.165) is 0 Å². The van der Waals surface area contributed by atoms with Gasteiger partial charge in [-0.2, -0.15) is 5.26 Å². The zero-order valence-corrected chi connectivity index (χ0v) is 15.6. The van der Waals surface area contributed by atoms with E-state index < -0.39 is 6.43 Å². The molecule has 3 aromatic heterocycles. The zero-order valence-electron chi connectivity index (χ0n) is 15.6. The Morgan fingerprint density at radius 1 is 1.10 bits per heavy atom. The third-order valence-electron chi connectivity index (χ3n) is 4.29. The van der Waals surface area contributed by atoms with Gasteiger partial charge in [0.2, 0.25) is 5.88 Å². The molecule has 0 fully saturated rings. The second-order valence-corrected chi connectivity index (χ2v) is 6.22. The van der Waals surface area contributed by atoms with Crippen LogP contribution in [0.5, 0.6) is 5.88 Å². The Morgan fingerprint density at radius 3 is 2.53 bits per heavy atom. The number of imidazole rings is 1. The Morgan fingerprint density at radius 2 is 1.90 bits per heavy atom. The monoisotopic (exact) mass is 408 g/mol. The molecule has 0 saturated heterocycles. The van der Waals surface area contributed by atoms with Gasteiger partial charge >= 0.3 is 0 Å². The lowest BCUT2D eigenvalue weighted by Crippen LogP contribution is -2.08. The highest BCUT2D eigenvalue weighted by Gasteiger charge is 2.14. The molecule has 9 nitrogen and oxygen atoms in total. The first kappa shape index (κ1) is 19.1. The number of aromatic nitrogens is 7. The van der Waals surface area contributed by atoms with Gasteiger partial charge in [-0.3, -0.25) is 4.57 Å². The number of alkyl halides is 2. The smallest absolute Gasteiger partial charge is 0.263 e. The molecule has 3 heterocycles. The number of aryl methyl sites for hydroxylation is 1. The van der Waals surface area contributed by atoms with Crippen molar-refractivity contribution < 1.29 is 13.5 Å². The average Bonchev–Trinajstić information content (AvgIpc) is 3.39. The fraction of sp³-hybridized carbons (Fsp3) is 0.158. The highest BCUT2D eigenvalue weighted by Crippen LogP contribution is 2.21. The first-order valence-corrected chi connectivity index (χ1v) is 8.76. The van der Waals surface area contributed by atoms with Crippen LogP contribution in [0, 0.1) is 18.3 Å². The Balaban J connectivity index is 1.49. The molecule has 0 radical (unpaired) electrons. The Kier molecular flexibility index (Phi) is 5.13. The SMILES string of the molecule is Cc1nnn(-c2ccc(C(F)F)cc2)c1COc1ccc(-n2cnc(C#N)c2)nn1. The lowest BCUT2D eigenvalue weighted by atomic mass is 10.2. The van der Waals surface area contributed by atoms with Crippen LogP contribution in [0.4, 0.5) is 8.78 Å². The topological polar surface area (TPSA) is 107 Å². The minimum atomic E-state index is -2.53. The van der Waals surface area contributed by atoms with Gasteiger partial charge in [0.15, 0.2) is 11.5 Å².